The molecule has 8 heteroatoms. The minimum absolute atomic E-state index is 0.0324. The van der Waals surface area contributed by atoms with Crippen LogP contribution in [0, 0.1) is 0 Å². The van der Waals surface area contributed by atoms with Crippen molar-refractivity contribution in [3.63, 3.8) is 0 Å². The minimum atomic E-state index is -3.08. The van der Waals surface area contributed by atoms with Crippen LogP contribution < -0.4 is 0 Å². The first-order valence-corrected chi connectivity index (χ1v) is 8.22. The quantitative estimate of drug-likeness (QED) is 0.677. The van der Waals surface area contributed by atoms with E-state index in [-0.39, 0.29) is 24.6 Å². The first kappa shape index (κ1) is 15.6. The lowest BCUT2D eigenvalue weighted by atomic mass is 10.2. The lowest BCUT2D eigenvalue weighted by Crippen LogP contribution is -2.16. The minimum Gasteiger partial charge on any atom is -0.461 e. The summed E-state index contributed by atoms with van der Waals surface area (Å²) in [7, 11) is -3.08. The summed E-state index contributed by atoms with van der Waals surface area (Å²) in [4.78, 5) is 11.7. The van der Waals surface area contributed by atoms with Crippen LogP contribution in [-0.4, -0.2) is 48.0 Å². The second kappa shape index (κ2) is 6.65. The fraction of sp³-hybridized carbons (Fsp3) is 0.727. The van der Waals surface area contributed by atoms with Crippen molar-refractivity contribution in [1.82, 2.24) is 15.0 Å². The van der Waals surface area contributed by atoms with Gasteiger partial charge in [-0.1, -0.05) is 18.6 Å². The Morgan fingerprint density at radius 1 is 1.37 bits per heavy atom. The molecule has 7 nitrogen and oxygen atoms in total. The van der Waals surface area contributed by atoms with Gasteiger partial charge < -0.3 is 4.74 Å². The molecule has 0 amide bonds. The van der Waals surface area contributed by atoms with E-state index in [1.807, 2.05) is 6.92 Å². The molecule has 1 rings (SSSR count). The van der Waals surface area contributed by atoms with Crippen molar-refractivity contribution >= 4 is 15.8 Å². The Balaban J connectivity index is 2.96. The predicted octanol–water partition coefficient (Wildman–Crippen LogP) is 0.452. The van der Waals surface area contributed by atoms with Gasteiger partial charge in [0, 0.05) is 6.26 Å². The maximum Gasteiger partial charge on any atom is 0.360 e. The molecule has 0 aromatic carbocycles. The van der Waals surface area contributed by atoms with Crippen molar-refractivity contribution in [2.24, 2.45) is 0 Å². The third-order valence-corrected chi connectivity index (χ3v) is 3.39. The van der Waals surface area contributed by atoms with E-state index in [1.165, 1.54) is 4.68 Å². The fourth-order valence-corrected chi connectivity index (χ4v) is 2.11. The molecule has 1 aromatic rings. The number of aryl methyl sites for hydroxylation is 1. The standard InChI is InChI=1S/C11H19N3O4S/c1-4-6-9-10(11(15)18-5-2)12-13-14(9)7-8-19(3,16)17/h4-8H2,1-3H3. The van der Waals surface area contributed by atoms with Crippen LogP contribution in [0.1, 0.15) is 36.5 Å². The highest BCUT2D eigenvalue weighted by Crippen LogP contribution is 2.10. The maximum atomic E-state index is 11.7. The Morgan fingerprint density at radius 3 is 2.58 bits per heavy atom. The number of esters is 1. The van der Waals surface area contributed by atoms with Gasteiger partial charge >= 0.3 is 5.97 Å². The molecule has 0 aliphatic heterocycles. The first-order valence-electron chi connectivity index (χ1n) is 6.16. The third-order valence-electron chi connectivity index (χ3n) is 2.47. The number of hydrogen-bond donors (Lipinski definition) is 0. The molecule has 0 spiro atoms. The summed E-state index contributed by atoms with van der Waals surface area (Å²) in [6.45, 7) is 4.13. The lowest BCUT2D eigenvalue weighted by Gasteiger charge is -2.06. The normalized spacial score (nSPS) is 11.5. The lowest BCUT2D eigenvalue weighted by molar-refractivity contribution is 0.0518. The molecule has 0 atom stereocenters. The molecule has 0 aliphatic carbocycles. The Hall–Kier alpha value is -1.44. The van der Waals surface area contributed by atoms with Crippen LogP contribution in [0.3, 0.4) is 0 Å². The number of nitrogens with zero attached hydrogens (tertiary/aromatic N) is 3. The molecule has 0 N–H and O–H groups in total. The van der Waals surface area contributed by atoms with Crippen molar-refractivity contribution in [1.29, 1.82) is 0 Å². The van der Waals surface area contributed by atoms with Gasteiger partial charge in [-0.15, -0.1) is 5.10 Å². The number of ether oxygens (including phenoxy) is 1. The summed E-state index contributed by atoms with van der Waals surface area (Å²) in [6.07, 6.45) is 2.57. The van der Waals surface area contributed by atoms with Crippen LogP contribution in [0.4, 0.5) is 0 Å². The molecule has 1 aromatic heterocycles. The molecule has 108 valence electrons. The summed E-state index contributed by atoms with van der Waals surface area (Å²) >= 11 is 0. The van der Waals surface area contributed by atoms with E-state index in [9.17, 15) is 13.2 Å². The zero-order valence-electron chi connectivity index (χ0n) is 11.4. The van der Waals surface area contributed by atoms with Crippen LogP contribution in [0.5, 0.6) is 0 Å². The van der Waals surface area contributed by atoms with Crippen LogP contribution in [-0.2, 0) is 27.5 Å². The van der Waals surface area contributed by atoms with Crippen molar-refractivity contribution in [2.75, 3.05) is 18.6 Å². The summed E-state index contributed by atoms with van der Waals surface area (Å²) in [5.74, 6) is -0.549. The van der Waals surface area contributed by atoms with Crippen LogP contribution in [0.2, 0.25) is 0 Å². The van der Waals surface area contributed by atoms with Crippen molar-refractivity contribution < 1.29 is 17.9 Å². The Kier molecular flexibility index (Phi) is 5.46. The molecule has 0 bridgehead atoms. The SMILES string of the molecule is CCCc1c(C(=O)OCC)nnn1CCS(C)(=O)=O. The van der Waals surface area contributed by atoms with Gasteiger partial charge in [0.1, 0.15) is 9.84 Å². The summed E-state index contributed by atoms with van der Waals surface area (Å²) < 4.78 is 28.7. The van der Waals surface area contributed by atoms with E-state index in [4.69, 9.17) is 4.74 Å². The average molecular weight is 289 g/mol. The zero-order chi connectivity index (χ0) is 14.5. The molecule has 19 heavy (non-hydrogen) atoms. The number of hydrogen-bond acceptors (Lipinski definition) is 6. The highest BCUT2D eigenvalue weighted by Gasteiger charge is 2.20. The summed E-state index contributed by atoms with van der Waals surface area (Å²) in [5.41, 5.74) is 0.807. The Morgan fingerprint density at radius 2 is 2.05 bits per heavy atom. The Bertz CT molecular complexity index is 536. The van der Waals surface area contributed by atoms with E-state index in [0.717, 1.165) is 12.7 Å². The summed E-state index contributed by atoms with van der Waals surface area (Å²) in [5, 5.41) is 7.64. The van der Waals surface area contributed by atoms with Gasteiger partial charge in [-0.2, -0.15) is 0 Å². The highest BCUT2D eigenvalue weighted by atomic mass is 32.2. The summed E-state index contributed by atoms with van der Waals surface area (Å²) in [6, 6.07) is 0. The van der Waals surface area contributed by atoms with Crippen LogP contribution in [0.25, 0.3) is 0 Å². The van der Waals surface area contributed by atoms with Crippen molar-refractivity contribution in [3.05, 3.63) is 11.4 Å². The molecule has 0 aliphatic rings. The molecule has 0 radical (unpaired) electrons. The van der Waals surface area contributed by atoms with Gasteiger partial charge in [0.2, 0.25) is 0 Å². The van der Waals surface area contributed by atoms with Gasteiger partial charge in [0.05, 0.1) is 24.6 Å². The monoisotopic (exact) mass is 289 g/mol. The largest absolute Gasteiger partial charge is 0.461 e. The number of rotatable bonds is 7. The molecular formula is C11H19N3O4S. The number of carbonyl (C=O) groups is 1. The average Bonchev–Trinajstić information content (AvgIpc) is 2.70. The smallest absolute Gasteiger partial charge is 0.360 e. The third kappa shape index (κ3) is 4.62. The van der Waals surface area contributed by atoms with Crippen LogP contribution in [0.15, 0.2) is 0 Å². The van der Waals surface area contributed by atoms with Gasteiger partial charge in [-0.25, -0.2) is 17.9 Å². The van der Waals surface area contributed by atoms with Gasteiger partial charge in [0.25, 0.3) is 0 Å². The highest BCUT2D eigenvalue weighted by molar-refractivity contribution is 7.90. The predicted molar refractivity (Wildman–Crippen MR) is 69.7 cm³/mol. The van der Waals surface area contributed by atoms with Gasteiger partial charge in [0.15, 0.2) is 5.69 Å². The number of carbonyl (C=O) groups excluding carboxylic acids is 1. The topological polar surface area (TPSA) is 91.2 Å². The van der Waals surface area contributed by atoms with Crippen molar-refractivity contribution in [3.8, 4) is 0 Å². The Labute approximate surface area is 112 Å². The fourth-order valence-electron chi connectivity index (χ4n) is 1.61. The van der Waals surface area contributed by atoms with Crippen LogP contribution >= 0.6 is 0 Å². The van der Waals surface area contributed by atoms with E-state index in [2.05, 4.69) is 10.3 Å². The molecule has 0 saturated heterocycles. The number of aromatic nitrogens is 3. The first-order chi connectivity index (χ1) is 8.89. The maximum absolute atomic E-state index is 11.7. The molecule has 0 fully saturated rings. The molecule has 1 heterocycles. The number of sulfone groups is 1. The van der Waals surface area contributed by atoms with E-state index >= 15 is 0 Å². The molecule has 0 saturated carbocycles. The second-order valence-corrected chi connectivity index (χ2v) is 6.47. The van der Waals surface area contributed by atoms with E-state index in [0.29, 0.717) is 12.1 Å². The van der Waals surface area contributed by atoms with Crippen molar-refractivity contribution in [2.45, 2.75) is 33.2 Å². The molecular weight excluding hydrogens is 270 g/mol. The zero-order valence-corrected chi connectivity index (χ0v) is 12.2. The molecule has 0 unspecified atom stereocenters. The van der Waals surface area contributed by atoms with Gasteiger partial charge in [-0.3, -0.25) is 0 Å². The second-order valence-electron chi connectivity index (χ2n) is 4.21. The van der Waals surface area contributed by atoms with Gasteiger partial charge in [-0.05, 0) is 13.3 Å². The van der Waals surface area contributed by atoms with E-state index in [1.54, 1.807) is 6.92 Å². The van der Waals surface area contributed by atoms with E-state index < -0.39 is 15.8 Å².